The predicted molar refractivity (Wildman–Crippen MR) is 118 cm³/mol. The molecule has 0 radical (unpaired) electrons. The zero-order valence-electron chi connectivity index (χ0n) is 16.4. The van der Waals surface area contributed by atoms with Crippen LogP contribution >= 0.6 is 23.4 Å². The van der Waals surface area contributed by atoms with Gasteiger partial charge in [-0.25, -0.2) is 9.50 Å². The number of hydrogen-bond acceptors (Lipinski definition) is 5. The smallest absolute Gasteiger partial charge is 0.253 e. The molecule has 150 valence electrons. The Morgan fingerprint density at radius 3 is 2.83 bits per heavy atom. The lowest BCUT2D eigenvalue weighted by Gasteiger charge is -2.23. The number of carbonyl (C=O) groups excluding carboxylic acids is 1. The van der Waals surface area contributed by atoms with Crippen LogP contribution in [-0.2, 0) is 12.2 Å². The van der Waals surface area contributed by atoms with Crippen molar-refractivity contribution in [3.05, 3.63) is 87.7 Å². The van der Waals surface area contributed by atoms with Crippen LogP contribution in [-0.4, -0.2) is 25.4 Å². The number of ketones is 1. The molecule has 1 aliphatic rings. The summed E-state index contributed by atoms with van der Waals surface area (Å²) in [6.45, 7) is 2.07. The molecule has 5 rings (SSSR count). The van der Waals surface area contributed by atoms with Gasteiger partial charge in [-0.1, -0.05) is 65.3 Å². The van der Waals surface area contributed by atoms with Crippen molar-refractivity contribution in [3.8, 4) is 0 Å². The second-order valence-corrected chi connectivity index (χ2v) is 8.98. The van der Waals surface area contributed by atoms with Gasteiger partial charge in [-0.3, -0.25) is 4.79 Å². The molecule has 1 aliphatic carbocycles. The quantitative estimate of drug-likeness (QED) is 0.408. The molecule has 0 saturated heterocycles. The van der Waals surface area contributed by atoms with Gasteiger partial charge in [0.25, 0.3) is 5.78 Å². The molecule has 5 nitrogen and oxygen atoms in total. The molecule has 2 aromatic heterocycles. The normalized spacial score (nSPS) is 16.1. The van der Waals surface area contributed by atoms with Gasteiger partial charge < -0.3 is 0 Å². The third kappa shape index (κ3) is 3.85. The first-order valence-electron chi connectivity index (χ1n) is 9.78. The molecule has 0 aliphatic heterocycles. The van der Waals surface area contributed by atoms with E-state index in [4.69, 9.17) is 11.6 Å². The highest BCUT2D eigenvalue weighted by molar-refractivity contribution is 7.98. The van der Waals surface area contributed by atoms with E-state index in [-0.39, 0.29) is 11.7 Å². The third-order valence-electron chi connectivity index (χ3n) is 5.33. The lowest BCUT2D eigenvalue weighted by Crippen LogP contribution is -2.21. The lowest BCUT2D eigenvalue weighted by atomic mass is 9.82. The Balaban J connectivity index is 1.41. The second kappa shape index (κ2) is 7.85. The van der Waals surface area contributed by atoms with E-state index in [1.807, 2.05) is 30.3 Å². The Kier molecular flexibility index (Phi) is 5.05. The maximum Gasteiger partial charge on any atom is 0.253 e. The van der Waals surface area contributed by atoms with E-state index in [1.165, 1.54) is 22.9 Å². The molecule has 0 fully saturated rings. The first-order valence-corrected chi connectivity index (χ1v) is 11.1. The van der Waals surface area contributed by atoms with Gasteiger partial charge >= 0.3 is 0 Å². The van der Waals surface area contributed by atoms with Crippen molar-refractivity contribution in [2.45, 2.75) is 36.6 Å². The molecule has 7 heteroatoms. The fourth-order valence-corrected chi connectivity index (χ4v) is 4.84. The number of carbonyl (C=O) groups is 1. The summed E-state index contributed by atoms with van der Waals surface area (Å²) in [5.74, 6) is 1.51. The molecular weight excluding hydrogens is 416 g/mol. The fraction of sp³-hybridized carbons (Fsp3) is 0.217. The Bertz CT molecular complexity index is 1270. The van der Waals surface area contributed by atoms with Gasteiger partial charge in [0.2, 0.25) is 5.16 Å². The SMILES string of the molecule is Cc1cccc([C@H]2CC(=O)c3cn4nc(SCc5cccc(Cl)c5)nc4nc3C2)c1. The summed E-state index contributed by atoms with van der Waals surface area (Å²) in [7, 11) is 0. The summed E-state index contributed by atoms with van der Waals surface area (Å²) in [6.07, 6.45) is 3.01. The van der Waals surface area contributed by atoms with E-state index in [0.29, 0.717) is 33.7 Å². The van der Waals surface area contributed by atoms with Crippen molar-refractivity contribution >= 4 is 34.9 Å². The van der Waals surface area contributed by atoms with E-state index < -0.39 is 0 Å². The van der Waals surface area contributed by atoms with Gasteiger partial charge in [0.15, 0.2) is 5.78 Å². The van der Waals surface area contributed by atoms with Gasteiger partial charge in [0.05, 0.1) is 11.3 Å². The van der Waals surface area contributed by atoms with Crippen LogP contribution in [0.4, 0.5) is 0 Å². The molecule has 0 saturated carbocycles. The van der Waals surface area contributed by atoms with E-state index >= 15 is 0 Å². The Morgan fingerprint density at radius 1 is 1.13 bits per heavy atom. The van der Waals surface area contributed by atoms with Gasteiger partial charge in [0.1, 0.15) is 0 Å². The molecule has 0 N–H and O–H groups in total. The molecule has 0 bridgehead atoms. The highest BCUT2D eigenvalue weighted by atomic mass is 35.5. The van der Waals surface area contributed by atoms with Crippen molar-refractivity contribution in [2.75, 3.05) is 0 Å². The summed E-state index contributed by atoms with van der Waals surface area (Å²) in [5, 5.41) is 5.85. The molecular formula is C23H19ClN4OS. The van der Waals surface area contributed by atoms with Crippen LogP contribution in [0.15, 0.2) is 59.9 Å². The molecule has 0 unspecified atom stereocenters. The highest BCUT2D eigenvalue weighted by Gasteiger charge is 2.28. The van der Waals surface area contributed by atoms with E-state index in [0.717, 1.165) is 17.7 Å². The summed E-state index contributed by atoms with van der Waals surface area (Å²) in [5.41, 5.74) is 4.96. The summed E-state index contributed by atoms with van der Waals surface area (Å²) >= 11 is 7.58. The number of Topliss-reactive ketones (excluding diaryl/α,β-unsaturated/α-hetero) is 1. The molecule has 2 heterocycles. The molecule has 2 aromatic carbocycles. The van der Waals surface area contributed by atoms with Crippen LogP contribution in [0.5, 0.6) is 0 Å². The fourth-order valence-electron chi connectivity index (χ4n) is 3.86. The number of benzene rings is 2. The van der Waals surface area contributed by atoms with Crippen LogP contribution in [0.1, 0.15) is 45.1 Å². The van der Waals surface area contributed by atoms with Crippen LogP contribution in [0, 0.1) is 6.92 Å². The lowest BCUT2D eigenvalue weighted by molar-refractivity contribution is 0.0962. The minimum atomic E-state index is 0.112. The third-order valence-corrected chi connectivity index (χ3v) is 6.48. The summed E-state index contributed by atoms with van der Waals surface area (Å²) < 4.78 is 1.62. The van der Waals surface area contributed by atoms with Gasteiger partial charge in [0, 0.05) is 23.4 Å². The van der Waals surface area contributed by atoms with Crippen LogP contribution < -0.4 is 0 Å². The highest BCUT2D eigenvalue weighted by Crippen LogP contribution is 2.32. The number of thioether (sulfide) groups is 1. The second-order valence-electron chi connectivity index (χ2n) is 7.60. The van der Waals surface area contributed by atoms with Crippen LogP contribution in [0.3, 0.4) is 0 Å². The number of halogens is 1. The average molecular weight is 435 g/mol. The topological polar surface area (TPSA) is 60.2 Å². The largest absolute Gasteiger partial charge is 0.294 e. The Labute approximate surface area is 183 Å². The van der Waals surface area contributed by atoms with Crippen molar-refractivity contribution in [1.82, 2.24) is 19.6 Å². The first kappa shape index (κ1) is 19.3. The van der Waals surface area contributed by atoms with Gasteiger partial charge in [-0.05, 0) is 42.5 Å². The van der Waals surface area contributed by atoms with Crippen molar-refractivity contribution < 1.29 is 4.79 Å². The number of fused-ring (bicyclic) bond motifs is 2. The first-order chi connectivity index (χ1) is 14.5. The van der Waals surface area contributed by atoms with Crippen LogP contribution in [0.2, 0.25) is 5.02 Å². The van der Waals surface area contributed by atoms with Crippen molar-refractivity contribution in [1.29, 1.82) is 0 Å². The van der Waals surface area contributed by atoms with Crippen LogP contribution in [0.25, 0.3) is 5.78 Å². The monoisotopic (exact) mass is 434 g/mol. The Morgan fingerprint density at radius 2 is 2.00 bits per heavy atom. The zero-order chi connectivity index (χ0) is 20.7. The van der Waals surface area contributed by atoms with E-state index in [2.05, 4.69) is 40.2 Å². The van der Waals surface area contributed by atoms with Crippen molar-refractivity contribution in [2.24, 2.45) is 0 Å². The summed E-state index contributed by atoms with van der Waals surface area (Å²) in [4.78, 5) is 22.1. The molecule has 4 aromatic rings. The average Bonchev–Trinajstić information content (AvgIpc) is 3.13. The number of aromatic nitrogens is 4. The molecule has 30 heavy (non-hydrogen) atoms. The van der Waals surface area contributed by atoms with E-state index in [1.54, 1.807) is 10.7 Å². The number of aryl methyl sites for hydroxylation is 1. The maximum atomic E-state index is 12.8. The minimum absolute atomic E-state index is 0.112. The number of rotatable bonds is 4. The predicted octanol–water partition coefficient (Wildman–Crippen LogP) is 5.29. The summed E-state index contributed by atoms with van der Waals surface area (Å²) in [6, 6.07) is 16.1. The maximum absolute atomic E-state index is 12.8. The van der Waals surface area contributed by atoms with Crippen molar-refractivity contribution in [3.63, 3.8) is 0 Å². The minimum Gasteiger partial charge on any atom is -0.294 e. The van der Waals surface area contributed by atoms with E-state index in [9.17, 15) is 4.79 Å². The van der Waals surface area contributed by atoms with Gasteiger partial charge in [-0.2, -0.15) is 4.98 Å². The molecule has 1 atom stereocenters. The zero-order valence-corrected chi connectivity index (χ0v) is 18.0. The standard InChI is InChI=1S/C23H19ClN4OS/c1-14-4-2-6-16(8-14)17-10-20-19(21(29)11-17)12-28-22(25-20)26-23(27-28)30-13-15-5-3-7-18(24)9-15/h2-9,12,17H,10-11,13H2,1H3/t17-/m1/s1. The molecule has 0 amide bonds. The number of nitrogens with zero attached hydrogens (tertiary/aromatic N) is 4. The Hall–Kier alpha value is -2.70. The van der Waals surface area contributed by atoms with Gasteiger partial charge in [-0.15, -0.1) is 5.10 Å². The number of hydrogen-bond donors (Lipinski definition) is 0. The molecule has 0 spiro atoms.